The van der Waals surface area contributed by atoms with E-state index in [4.69, 9.17) is 0 Å². The fourth-order valence-corrected chi connectivity index (χ4v) is 1.20. The van der Waals surface area contributed by atoms with E-state index in [9.17, 15) is 0 Å². The summed E-state index contributed by atoms with van der Waals surface area (Å²) in [5.74, 6) is 0. The van der Waals surface area contributed by atoms with Crippen LogP contribution < -0.4 is 0 Å². The number of aryl methyl sites for hydroxylation is 2. The van der Waals surface area contributed by atoms with Gasteiger partial charge in [-0.25, -0.2) is 0 Å². The molecule has 0 saturated carbocycles. The lowest BCUT2D eigenvalue weighted by atomic mass is 10.1. The second-order valence-corrected chi connectivity index (χ2v) is 4.14. The summed E-state index contributed by atoms with van der Waals surface area (Å²) in [4.78, 5) is 0. The monoisotopic (exact) mass is 258 g/mol. The molecule has 1 rings (SSSR count). The lowest BCUT2D eigenvalue weighted by Crippen LogP contribution is -1.75. The summed E-state index contributed by atoms with van der Waals surface area (Å²) >= 11 is 0. The highest BCUT2D eigenvalue weighted by molar-refractivity contribution is 5.29. The Hall–Kier alpha value is -1.56. The van der Waals surface area contributed by atoms with E-state index in [0.717, 1.165) is 0 Å². The molecule has 0 N–H and O–H groups in total. The van der Waals surface area contributed by atoms with Crippen LogP contribution in [0.3, 0.4) is 0 Å². The van der Waals surface area contributed by atoms with E-state index in [2.05, 4.69) is 64.6 Å². The Morgan fingerprint density at radius 2 is 1.37 bits per heavy atom. The SMILES string of the molecule is C=C/C=C(C)\C(C)=C/C.CC.Cc1ccccc1C. The molecule has 0 aliphatic heterocycles. The zero-order valence-corrected chi connectivity index (χ0v) is 13.7. The molecular formula is C19H30. The molecule has 0 heteroatoms. The molecule has 1 aromatic carbocycles. The number of allylic oxidation sites excluding steroid dienone is 5. The van der Waals surface area contributed by atoms with Crippen LogP contribution in [0.4, 0.5) is 0 Å². The van der Waals surface area contributed by atoms with Gasteiger partial charge in [0.05, 0.1) is 0 Å². The molecule has 0 saturated heterocycles. The Morgan fingerprint density at radius 1 is 0.947 bits per heavy atom. The third-order valence-corrected chi connectivity index (χ3v) is 2.85. The molecule has 1 aromatic rings. The van der Waals surface area contributed by atoms with Crippen molar-refractivity contribution in [1.82, 2.24) is 0 Å². The van der Waals surface area contributed by atoms with Gasteiger partial charge in [0, 0.05) is 0 Å². The van der Waals surface area contributed by atoms with E-state index in [0.29, 0.717) is 0 Å². The number of benzene rings is 1. The predicted molar refractivity (Wildman–Crippen MR) is 90.6 cm³/mol. The molecule has 106 valence electrons. The van der Waals surface area contributed by atoms with Gasteiger partial charge in [0.25, 0.3) is 0 Å². The molecule has 19 heavy (non-hydrogen) atoms. The van der Waals surface area contributed by atoms with E-state index in [1.54, 1.807) is 0 Å². The standard InChI is InChI=1S/C9H14.C8H10.C2H6/c1-5-7-9(4)8(3)6-2;1-7-5-3-4-6-8(7)2;1-2/h5-7H,1H2,2-4H3;3-6H,1-2H3;1-2H3/b8-6-,9-7-;;. The van der Waals surface area contributed by atoms with Gasteiger partial charge in [0.2, 0.25) is 0 Å². The summed E-state index contributed by atoms with van der Waals surface area (Å²) in [5.41, 5.74) is 5.34. The van der Waals surface area contributed by atoms with Crippen molar-refractivity contribution < 1.29 is 0 Å². The van der Waals surface area contributed by atoms with Crippen LogP contribution in [-0.2, 0) is 0 Å². The molecule has 0 bridgehead atoms. The average molecular weight is 258 g/mol. The molecular weight excluding hydrogens is 228 g/mol. The molecule has 0 radical (unpaired) electrons. The average Bonchev–Trinajstić information content (AvgIpc) is 2.44. The molecule has 0 heterocycles. The van der Waals surface area contributed by atoms with Crippen LogP contribution >= 0.6 is 0 Å². The first-order valence-corrected chi connectivity index (χ1v) is 6.97. The van der Waals surface area contributed by atoms with E-state index >= 15 is 0 Å². The summed E-state index contributed by atoms with van der Waals surface area (Å²) in [7, 11) is 0. The van der Waals surface area contributed by atoms with Crippen molar-refractivity contribution in [3.63, 3.8) is 0 Å². The Kier molecular flexibility index (Phi) is 13.4. The van der Waals surface area contributed by atoms with Crippen LogP contribution in [0.5, 0.6) is 0 Å². The van der Waals surface area contributed by atoms with Crippen molar-refractivity contribution in [2.24, 2.45) is 0 Å². The first kappa shape index (κ1) is 19.8. The molecule has 0 amide bonds. The van der Waals surface area contributed by atoms with Crippen molar-refractivity contribution in [2.75, 3.05) is 0 Å². The van der Waals surface area contributed by atoms with Gasteiger partial charge in [-0.3, -0.25) is 0 Å². The highest BCUT2D eigenvalue weighted by Gasteiger charge is 1.85. The van der Waals surface area contributed by atoms with Crippen LogP contribution in [0.1, 0.15) is 45.7 Å². The quantitative estimate of drug-likeness (QED) is 0.537. The third kappa shape index (κ3) is 10.1. The first-order valence-electron chi connectivity index (χ1n) is 6.97. The highest BCUT2D eigenvalue weighted by atomic mass is 13.9. The Balaban J connectivity index is 0. The number of rotatable bonds is 2. The summed E-state index contributed by atoms with van der Waals surface area (Å²) < 4.78 is 0. The minimum Gasteiger partial charge on any atom is -0.0991 e. The maximum Gasteiger partial charge on any atom is -0.0395 e. The molecule has 0 nitrogen and oxygen atoms in total. The Bertz CT molecular complexity index is 385. The van der Waals surface area contributed by atoms with Gasteiger partial charge in [-0.05, 0) is 51.3 Å². The van der Waals surface area contributed by atoms with Crippen molar-refractivity contribution in [2.45, 2.75) is 48.5 Å². The zero-order valence-electron chi connectivity index (χ0n) is 13.7. The lowest BCUT2D eigenvalue weighted by Gasteiger charge is -1.95. The van der Waals surface area contributed by atoms with Crippen molar-refractivity contribution in [1.29, 1.82) is 0 Å². The predicted octanol–water partition coefficient (Wildman–Crippen LogP) is 6.41. The highest BCUT2D eigenvalue weighted by Crippen LogP contribution is 2.06. The maximum absolute atomic E-state index is 3.61. The van der Waals surface area contributed by atoms with Crippen LogP contribution in [0.2, 0.25) is 0 Å². The largest absolute Gasteiger partial charge is 0.0991 e. The maximum atomic E-state index is 3.61. The number of hydrogen-bond donors (Lipinski definition) is 0. The third-order valence-electron chi connectivity index (χ3n) is 2.85. The fourth-order valence-electron chi connectivity index (χ4n) is 1.20. The van der Waals surface area contributed by atoms with Crippen LogP contribution in [0.15, 0.2) is 60.2 Å². The Morgan fingerprint density at radius 3 is 1.63 bits per heavy atom. The van der Waals surface area contributed by atoms with Crippen molar-refractivity contribution in [3.05, 3.63) is 71.3 Å². The zero-order chi connectivity index (χ0) is 15.3. The fraction of sp³-hybridized carbons (Fsp3) is 0.368. The van der Waals surface area contributed by atoms with Crippen LogP contribution in [0.25, 0.3) is 0 Å². The molecule has 0 fully saturated rings. The van der Waals surface area contributed by atoms with Crippen molar-refractivity contribution >= 4 is 0 Å². The normalized spacial score (nSPS) is 10.7. The number of hydrogen-bond acceptors (Lipinski definition) is 0. The molecule has 0 aliphatic carbocycles. The van der Waals surface area contributed by atoms with Crippen LogP contribution in [0, 0.1) is 13.8 Å². The van der Waals surface area contributed by atoms with Crippen molar-refractivity contribution in [3.8, 4) is 0 Å². The van der Waals surface area contributed by atoms with E-state index in [1.807, 2.05) is 32.9 Å². The van der Waals surface area contributed by atoms with E-state index in [1.165, 1.54) is 22.3 Å². The first-order chi connectivity index (χ1) is 9.02. The molecule has 0 atom stereocenters. The molecule has 0 aliphatic rings. The van der Waals surface area contributed by atoms with Gasteiger partial charge in [-0.2, -0.15) is 0 Å². The minimum absolute atomic E-state index is 1.28. The van der Waals surface area contributed by atoms with Crippen LogP contribution in [-0.4, -0.2) is 0 Å². The molecule has 0 spiro atoms. The van der Waals surface area contributed by atoms with Gasteiger partial charge in [0.1, 0.15) is 0 Å². The van der Waals surface area contributed by atoms with Gasteiger partial charge >= 0.3 is 0 Å². The summed E-state index contributed by atoms with van der Waals surface area (Å²) in [5, 5.41) is 0. The van der Waals surface area contributed by atoms with Gasteiger partial charge in [0.15, 0.2) is 0 Å². The second-order valence-electron chi connectivity index (χ2n) is 4.14. The Labute approximate surface area is 120 Å². The smallest absolute Gasteiger partial charge is 0.0395 e. The summed E-state index contributed by atoms with van der Waals surface area (Å²) in [6, 6.07) is 8.36. The van der Waals surface area contributed by atoms with E-state index in [-0.39, 0.29) is 0 Å². The topological polar surface area (TPSA) is 0 Å². The molecule has 0 unspecified atom stereocenters. The van der Waals surface area contributed by atoms with Gasteiger partial charge in [-0.1, -0.05) is 68.5 Å². The minimum atomic E-state index is 1.28. The van der Waals surface area contributed by atoms with Gasteiger partial charge < -0.3 is 0 Å². The second kappa shape index (κ2) is 12.9. The van der Waals surface area contributed by atoms with E-state index < -0.39 is 0 Å². The molecule has 0 aromatic heterocycles. The van der Waals surface area contributed by atoms with Gasteiger partial charge in [-0.15, -0.1) is 0 Å². The lowest BCUT2D eigenvalue weighted by molar-refractivity contribution is 1.33. The summed E-state index contributed by atoms with van der Waals surface area (Å²) in [6.45, 7) is 18.1. The summed E-state index contributed by atoms with van der Waals surface area (Å²) in [6.07, 6.45) is 5.91.